The van der Waals surface area contributed by atoms with Gasteiger partial charge in [0.1, 0.15) is 5.75 Å². The van der Waals surface area contributed by atoms with Crippen molar-refractivity contribution in [3.05, 3.63) is 78.0 Å². The molecule has 0 aliphatic carbocycles. The number of nitrogens with zero attached hydrogens (tertiary/aromatic N) is 5. The van der Waals surface area contributed by atoms with E-state index in [1.807, 2.05) is 65.0 Å². The number of aryl methyl sites for hydroxylation is 1. The summed E-state index contributed by atoms with van der Waals surface area (Å²) < 4.78 is 7.17. The van der Waals surface area contributed by atoms with Crippen molar-refractivity contribution in [2.75, 3.05) is 20.2 Å². The van der Waals surface area contributed by atoms with E-state index in [2.05, 4.69) is 4.98 Å². The van der Waals surface area contributed by atoms with Gasteiger partial charge in [-0.2, -0.15) is 5.10 Å². The third-order valence-electron chi connectivity index (χ3n) is 5.95. The lowest BCUT2D eigenvalue weighted by Crippen LogP contribution is -2.39. The predicted molar refractivity (Wildman–Crippen MR) is 122 cm³/mol. The first-order valence-electron chi connectivity index (χ1n) is 10.8. The highest BCUT2D eigenvalue weighted by molar-refractivity contribution is 5.94. The third kappa shape index (κ3) is 3.93. The molecule has 0 saturated carbocycles. The highest BCUT2D eigenvalue weighted by Crippen LogP contribution is 2.28. The van der Waals surface area contributed by atoms with Gasteiger partial charge in [0.25, 0.3) is 5.91 Å². The fourth-order valence-corrected chi connectivity index (χ4v) is 4.27. The van der Waals surface area contributed by atoms with Crippen LogP contribution in [0, 0.1) is 6.92 Å². The predicted octanol–water partition coefficient (Wildman–Crippen LogP) is 4.13. The Morgan fingerprint density at radius 1 is 1.12 bits per heavy atom. The lowest BCUT2D eigenvalue weighted by molar-refractivity contribution is 0.0704. The molecule has 7 nitrogen and oxygen atoms in total. The number of fused-ring (bicyclic) bond motifs is 1. The van der Waals surface area contributed by atoms with E-state index in [0.29, 0.717) is 12.1 Å². The van der Waals surface area contributed by atoms with Crippen molar-refractivity contribution < 1.29 is 9.53 Å². The van der Waals surface area contributed by atoms with Crippen molar-refractivity contribution in [3.63, 3.8) is 0 Å². The number of pyridine rings is 2. The molecular weight excluding hydrogens is 402 g/mol. The molecule has 3 aromatic heterocycles. The van der Waals surface area contributed by atoms with Gasteiger partial charge < -0.3 is 9.64 Å². The van der Waals surface area contributed by atoms with Crippen LogP contribution in [0.3, 0.4) is 0 Å². The molecule has 1 atom stereocenters. The van der Waals surface area contributed by atoms with E-state index in [1.54, 1.807) is 19.5 Å². The number of amides is 1. The summed E-state index contributed by atoms with van der Waals surface area (Å²) in [5, 5.41) is 4.77. The summed E-state index contributed by atoms with van der Waals surface area (Å²) in [4.78, 5) is 23.8. The van der Waals surface area contributed by atoms with Gasteiger partial charge in [0.15, 0.2) is 11.5 Å². The van der Waals surface area contributed by atoms with E-state index in [1.165, 1.54) is 0 Å². The van der Waals surface area contributed by atoms with Gasteiger partial charge in [-0.3, -0.25) is 9.78 Å². The summed E-state index contributed by atoms with van der Waals surface area (Å²) in [6.45, 7) is 3.31. The number of piperidine rings is 1. The van der Waals surface area contributed by atoms with Crippen molar-refractivity contribution in [1.29, 1.82) is 0 Å². The lowest BCUT2D eigenvalue weighted by atomic mass is 9.97. The van der Waals surface area contributed by atoms with E-state index in [-0.39, 0.29) is 11.8 Å². The first-order valence-corrected chi connectivity index (χ1v) is 10.8. The Morgan fingerprint density at radius 2 is 2.03 bits per heavy atom. The molecule has 5 rings (SSSR count). The molecule has 1 fully saturated rings. The number of hydrogen-bond acceptors (Lipinski definition) is 5. The van der Waals surface area contributed by atoms with Gasteiger partial charge in [-0.25, -0.2) is 9.50 Å². The fourth-order valence-electron chi connectivity index (χ4n) is 4.27. The van der Waals surface area contributed by atoms with Crippen LogP contribution < -0.4 is 4.74 Å². The van der Waals surface area contributed by atoms with Crippen LogP contribution in [-0.4, -0.2) is 50.6 Å². The zero-order valence-electron chi connectivity index (χ0n) is 18.2. The van der Waals surface area contributed by atoms with Crippen molar-refractivity contribution >= 4 is 11.6 Å². The second-order valence-electron chi connectivity index (χ2n) is 8.26. The van der Waals surface area contributed by atoms with Crippen LogP contribution in [-0.2, 0) is 0 Å². The van der Waals surface area contributed by atoms with Gasteiger partial charge >= 0.3 is 0 Å². The lowest BCUT2D eigenvalue weighted by Gasteiger charge is -2.31. The number of likely N-dealkylation sites (tertiary alicyclic amines) is 1. The Bertz CT molecular complexity index is 1280. The number of aromatic nitrogens is 4. The second kappa shape index (κ2) is 8.42. The highest BCUT2D eigenvalue weighted by atomic mass is 16.5. The van der Waals surface area contributed by atoms with Crippen molar-refractivity contribution in [2.45, 2.75) is 25.7 Å². The molecule has 0 bridgehead atoms. The van der Waals surface area contributed by atoms with Crippen LogP contribution in [0.15, 0.2) is 61.1 Å². The van der Waals surface area contributed by atoms with E-state index in [0.717, 1.165) is 53.3 Å². The Hall–Kier alpha value is -3.74. The largest absolute Gasteiger partial charge is 0.497 e. The standard InChI is InChI=1S/C25H25N5O2/c1-17-11-21(14-26-13-17)25(31)29-10-4-6-20(15-29)24-27-23-9-8-19(16-30(23)28-24)18-5-3-7-22(12-18)32-2/h3,5,7-9,11-14,16,20H,4,6,10,15H2,1-2H3. The van der Waals surface area contributed by atoms with Crippen LogP contribution in [0.4, 0.5) is 0 Å². The van der Waals surface area contributed by atoms with Crippen molar-refractivity contribution in [2.24, 2.45) is 0 Å². The third-order valence-corrected chi connectivity index (χ3v) is 5.95. The molecular formula is C25H25N5O2. The minimum atomic E-state index is 0.0231. The summed E-state index contributed by atoms with van der Waals surface area (Å²) in [5.41, 5.74) is 4.53. The smallest absolute Gasteiger partial charge is 0.255 e. The first-order chi connectivity index (χ1) is 15.6. The number of carbonyl (C=O) groups is 1. The molecule has 4 aromatic rings. The Labute approximate surface area is 186 Å². The van der Waals surface area contributed by atoms with Gasteiger partial charge in [-0.1, -0.05) is 12.1 Å². The van der Waals surface area contributed by atoms with Gasteiger partial charge in [0, 0.05) is 43.2 Å². The molecule has 32 heavy (non-hydrogen) atoms. The van der Waals surface area contributed by atoms with Crippen LogP contribution in [0.1, 0.15) is 40.5 Å². The number of benzene rings is 1. The molecule has 162 valence electrons. The number of carbonyl (C=O) groups excluding carboxylic acids is 1. The normalized spacial score (nSPS) is 16.3. The SMILES string of the molecule is COc1cccc(-c2ccc3nc(C4CCCN(C(=O)c5cncc(C)c5)C4)nn3c2)c1. The molecule has 4 heterocycles. The summed E-state index contributed by atoms with van der Waals surface area (Å²) in [7, 11) is 1.67. The van der Waals surface area contributed by atoms with Crippen LogP contribution in [0.2, 0.25) is 0 Å². The Kier molecular flexibility index (Phi) is 5.31. The monoisotopic (exact) mass is 427 g/mol. The van der Waals surface area contributed by atoms with Crippen LogP contribution in [0.5, 0.6) is 5.75 Å². The average molecular weight is 428 g/mol. The van der Waals surface area contributed by atoms with Crippen molar-refractivity contribution in [3.8, 4) is 16.9 Å². The van der Waals surface area contributed by atoms with Gasteiger partial charge in [-0.15, -0.1) is 0 Å². The Morgan fingerprint density at radius 3 is 2.88 bits per heavy atom. The second-order valence-corrected chi connectivity index (χ2v) is 8.26. The molecule has 1 saturated heterocycles. The fraction of sp³-hybridized carbons (Fsp3) is 0.280. The van der Waals surface area contributed by atoms with E-state index < -0.39 is 0 Å². The number of methoxy groups -OCH3 is 1. The van der Waals surface area contributed by atoms with E-state index in [4.69, 9.17) is 14.8 Å². The molecule has 1 aliphatic rings. The zero-order valence-corrected chi connectivity index (χ0v) is 18.2. The first kappa shape index (κ1) is 20.2. The highest BCUT2D eigenvalue weighted by Gasteiger charge is 2.28. The molecule has 1 aliphatic heterocycles. The number of rotatable bonds is 4. The maximum Gasteiger partial charge on any atom is 0.255 e. The maximum atomic E-state index is 13.0. The van der Waals surface area contributed by atoms with E-state index in [9.17, 15) is 4.79 Å². The molecule has 7 heteroatoms. The van der Waals surface area contributed by atoms with Gasteiger partial charge in [0.05, 0.1) is 12.7 Å². The topological polar surface area (TPSA) is 72.6 Å². The minimum Gasteiger partial charge on any atom is -0.497 e. The Balaban J connectivity index is 1.38. The molecule has 1 aromatic carbocycles. The molecule has 1 unspecified atom stereocenters. The zero-order chi connectivity index (χ0) is 22.1. The number of ether oxygens (including phenoxy) is 1. The van der Waals surface area contributed by atoms with Crippen molar-refractivity contribution in [1.82, 2.24) is 24.5 Å². The van der Waals surface area contributed by atoms with Gasteiger partial charge in [-0.05, 0) is 61.2 Å². The van der Waals surface area contributed by atoms with E-state index >= 15 is 0 Å². The molecule has 0 spiro atoms. The number of hydrogen-bond donors (Lipinski definition) is 0. The minimum absolute atomic E-state index is 0.0231. The van der Waals surface area contributed by atoms with Gasteiger partial charge in [0.2, 0.25) is 0 Å². The van der Waals surface area contributed by atoms with Crippen LogP contribution >= 0.6 is 0 Å². The summed E-state index contributed by atoms with van der Waals surface area (Å²) in [6, 6.07) is 13.9. The molecule has 0 radical (unpaired) electrons. The quantitative estimate of drug-likeness (QED) is 0.490. The summed E-state index contributed by atoms with van der Waals surface area (Å²) >= 11 is 0. The van der Waals surface area contributed by atoms with Crippen LogP contribution in [0.25, 0.3) is 16.8 Å². The summed E-state index contributed by atoms with van der Waals surface area (Å²) in [6.07, 6.45) is 7.29. The maximum absolute atomic E-state index is 13.0. The molecule has 1 amide bonds. The average Bonchev–Trinajstić information content (AvgIpc) is 3.27. The molecule has 0 N–H and O–H groups in total. The summed E-state index contributed by atoms with van der Waals surface area (Å²) in [5.74, 6) is 1.74.